The second kappa shape index (κ2) is 11.4. The van der Waals surface area contributed by atoms with Gasteiger partial charge in [-0.2, -0.15) is 13.2 Å². The molecule has 0 aliphatic heterocycles. The summed E-state index contributed by atoms with van der Waals surface area (Å²) in [6.45, 7) is 0.541. The number of aromatic nitrogens is 2. The lowest BCUT2D eigenvalue weighted by Crippen LogP contribution is -2.26. The Morgan fingerprint density at radius 1 is 1.03 bits per heavy atom. The topological polar surface area (TPSA) is 122 Å². The molecular formula is C27H25F3N6O3. The van der Waals surface area contributed by atoms with Gasteiger partial charge in [-0.15, -0.1) is 0 Å². The van der Waals surface area contributed by atoms with Crippen molar-refractivity contribution in [3.8, 4) is 5.75 Å². The number of carbonyl (C=O) groups is 2. The maximum atomic E-state index is 12.8. The minimum Gasteiger partial charge on any atom is -0.408 e. The molecule has 0 saturated heterocycles. The highest BCUT2D eigenvalue weighted by molar-refractivity contribution is 6.04. The van der Waals surface area contributed by atoms with Crippen molar-refractivity contribution in [2.24, 2.45) is 5.73 Å². The van der Waals surface area contributed by atoms with Gasteiger partial charge in [-0.3, -0.25) is 4.79 Å². The molecule has 0 aliphatic rings. The van der Waals surface area contributed by atoms with Gasteiger partial charge < -0.3 is 26.0 Å². The number of hydrogen-bond donors (Lipinski definition) is 3. The molecule has 4 rings (SSSR count). The average Bonchev–Trinajstić information content (AvgIpc) is 2.88. The van der Waals surface area contributed by atoms with Crippen LogP contribution in [0.1, 0.15) is 27.5 Å². The van der Waals surface area contributed by atoms with E-state index in [4.69, 9.17) is 10.5 Å². The van der Waals surface area contributed by atoms with Gasteiger partial charge in [0.25, 0.3) is 5.91 Å². The minimum absolute atomic E-state index is 0.0952. The number of nitrogens with zero attached hydrogens (tertiary/aromatic N) is 3. The highest BCUT2D eigenvalue weighted by Gasteiger charge is 2.30. The number of primary amides is 1. The molecule has 4 aromatic rings. The lowest BCUT2D eigenvalue weighted by atomic mass is 10.0. The first-order valence-corrected chi connectivity index (χ1v) is 11.7. The van der Waals surface area contributed by atoms with E-state index in [0.717, 1.165) is 29.8 Å². The van der Waals surface area contributed by atoms with E-state index >= 15 is 0 Å². The molecule has 4 N–H and O–H groups in total. The van der Waals surface area contributed by atoms with Crippen molar-refractivity contribution >= 4 is 34.4 Å². The SMILES string of the molecule is CN(C)CC(Nc1ncnc2c(OC(N)=O)cccc12)c1cccc(NC(=O)c2ccc(C(F)(F)F)cc2)c1. The maximum absolute atomic E-state index is 12.8. The van der Waals surface area contributed by atoms with Crippen molar-refractivity contribution in [1.29, 1.82) is 0 Å². The molecule has 1 heterocycles. The first kappa shape index (κ1) is 27.3. The van der Waals surface area contributed by atoms with Crippen LogP contribution in [0.3, 0.4) is 0 Å². The number of nitrogens with two attached hydrogens (primary N) is 1. The summed E-state index contributed by atoms with van der Waals surface area (Å²) in [6, 6.07) is 15.8. The Hall–Kier alpha value is -4.71. The Morgan fingerprint density at radius 3 is 2.41 bits per heavy atom. The van der Waals surface area contributed by atoms with Crippen LogP contribution >= 0.6 is 0 Å². The van der Waals surface area contributed by atoms with Crippen LogP contribution in [0, 0.1) is 0 Å². The summed E-state index contributed by atoms with van der Waals surface area (Å²) < 4.78 is 43.6. The van der Waals surface area contributed by atoms with Crippen molar-refractivity contribution in [1.82, 2.24) is 14.9 Å². The number of para-hydroxylation sites is 1. The van der Waals surface area contributed by atoms with E-state index in [1.165, 1.54) is 6.33 Å². The number of halogens is 3. The molecule has 0 saturated carbocycles. The zero-order valence-corrected chi connectivity index (χ0v) is 21.0. The van der Waals surface area contributed by atoms with Gasteiger partial charge in [0, 0.05) is 23.2 Å². The zero-order valence-electron chi connectivity index (χ0n) is 21.0. The Kier molecular flexibility index (Phi) is 7.96. The highest BCUT2D eigenvalue weighted by Crippen LogP contribution is 2.31. The number of hydrogen-bond acceptors (Lipinski definition) is 7. The van der Waals surface area contributed by atoms with Crippen molar-refractivity contribution in [2.75, 3.05) is 31.3 Å². The monoisotopic (exact) mass is 538 g/mol. The average molecular weight is 539 g/mol. The van der Waals surface area contributed by atoms with Gasteiger partial charge in [0.2, 0.25) is 0 Å². The number of benzene rings is 3. The largest absolute Gasteiger partial charge is 0.416 e. The quantitative estimate of drug-likeness (QED) is 0.286. The Morgan fingerprint density at radius 2 is 1.74 bits per heavy atom. The molecule has 1 unspecified atom stereocenters. The molecule has 1 atom stereocenters. The number of carbonyl (C=O) groups excluding carboxylic acids is 2. The van der Waals surface area contributed by atoms with Crippen molar-refractivity contribution in [3.63, 3.8) is 0 Å². The van der Waals surface area contributed by atoms with Crippen LogP contribution in [0.25, 0.3) is 10.9 Å². The third-order valence-electron chi connectivity index (χ3n) is 5.72. The van der Waals surface area contributed by atoms with Gasteiger partial charge in [-0.1, -0.05) is 18.2 Å². The van der Waals surface area contributed by atoms with Crippen LogP contribution in [0.5, 0.6) is 5.75 Å². The lowest BCUT2D eigenvalue weighted by Gasteiger charge is -2.24. The molecule has 0 spiro atoms. The van der Waals surface area contributed by atoms with Crippen molar-refractivity contribution < 1.29 is 27.5 Å². The summed E-state index contributed by atoms with van der Waals surface area (Å²) in [4.78, 5) is 34.6. The fraction of sp³-hybridized carbons (Fsp3) is 0.185. The van der Waals surface area contributed by atoms with Gasteiger partial charge in [0.1, 0.15) is 17.7 Å². The Labute approximate surface area is 221 Å². The second-order valence-electron chi connectivity index (χ2n) is 8.91. The van der Waals surface area contributed by atoms with Crippen LogP contribution in [-0.4, -0.2) is 47.5 Å². The third-order valence-corrected chi connectivity index (χ3v) is 5.72. The molecule has 1 aromatic heterocycles. The molecule has 202 valence electrons. The first-order valence-electron chi connectivity index (χ1n) is 11.7. The fourth-order valence-corrected chi connectivity index (χ4v) is 3.98. The number of anilines is 2. The predicted octanol–water partition coefficient (Wildman–Crippen LogP) is 5.07. The standard InChI is InChI=1S/C27H25F3N6O3/c1-36(2)14-21(35-24-20-7-4-8-22(39-26(31)38)23(20)32-15-33-24)17-5-3-6-19(13-17)34-25(37)16-9-11-18(12-10-16)27(28,29)30/h3-13,15,21H,14H2,1-2H3,(H2,31,38)(H,34,37)(H,32,33,35). The molecule has 39 heavy (non-hydrogen) atoms. The predicted molar refractivity (Wildman–Crippen MR) is 141 cm³/mol. The van der Waals surface area contributed by atoms with E-state index in [0.29, 0.717) is 29.0 Å². The van der Waals surface area contributed by atoms with Crippen LogP contribution in [0.2, 0.25) is 0 Å². The number of rotatable bonds is 8. The van der Waals surface area contributed by atoms with Gasteiger partial charge >= 0.3 is 12.3 Å². The molecular weight excluding hydrogens is 513 g/mol. The summed E-state index contributed by atoms with van der Waals surface area (Å²) in [5.41, 5.74) is 6.11. The molecule has 0 bridgehead atoms. The number of fused-ring (bicyclic) bond motifs is 1. The molecule has 3 aromatic carbocycles. The number of nitrogens with one attached hydrogen (secondary N) is 2. The van der Waals surface area contributed by atoms with Crippen LogP contribution in [0.4, 0.5) is 29.5 Å². The molecule has 0 fully saturated rings. The normalized spacial score (nSPS) is 12.3. The van der Waals surface area contributed by atoms with Crippen LogP contribution in [-0.2, 0) is 6.18 Å². The first-order chi connectivity index (χ1) is 18.5. The number of likely N-dealkylation sites (N-methyl/N-ethyl adjacent to an activating group) is 1. The van der Waals surface area contributed by atoms with E-state index in [2.05, 4.69) is 20.6 Å². The van der Waals surface area contributed by atoms with Crippen molar-refractivity contribution in [2.45, 2.75) is 12.2 Å². The van der Waals surface area contributed by atoms with Crippen LogP contribution in [0.15, 0.2) is 73.1 Å². The lowest BCUT2D eigenvalue weighted by molar-refractivity contribution is -0.137. The van der Waals surface area contributed by atoms with Crippen LogP contribution < -0.4 is 21.1 Å². The molecule has 2 amide bonds. The highest BCUT2D eigenvalue weighted by atomic mass is 19.4. The summed E-state index contributed by atoms with van der Waals surface area (Å²) in [7, 11) is 3.81. The number of alkyl halides is 3. The van der Waals surface area contributed by atoms with E-state index < -0.39 is 23.7 Å². The number of ether oxygens (including phenoxy) is 1. The zero-order chi connectivity index (χ0) is 28.2. The molecule has 12 heteroatoms. The summed E-state index contributed by atoms with van der Waals surface area (Å²) >= 11 is 0. The van der Waals surface area contributed by atoms with Gasteiger partial charge in [-0.25, -0.2) is 14.8 Å². The minimum atomic E-state index is -4.48. The smallest absolute Gasteiger partial charge is 0.408 e. The van der Waals surface area contributed by atoms with E-state index in [1.54, 1.807) is 36.4 Å². The van der Waals surface area contributed by atoms with Gasteiger partial charge in [0.05, 0.1) is 11.6 Å². The maximum Gasteiger partial charge on any atom is 0.416 e. The van der Waals surface area contributed by atoms with E-state index in [1.807, 2.05) is 25.1 Å². The molecule has 9 nitrogen and oxygen atoms in total. The molecule has 0 radical (unpaired) electrons. The van der Waals surface area contributed by atoms with E-state index in [-0.39, 0.29) is 17.4 Å². The Bertz CT molecular complexity index is 1490. The molecule has 0 aliphatic carbocycles. The third kappa shape index (κ3) is 6.79. The second-order valence-corrected chi connectivity index (χ2v) is 8.91. The summed E-state index contributed by atoms with van der Waals surface area (Å²) in [5.74, 6) is 0.144. The van der Waals surface area contributed by atoms with Gasteiger partial charge in [-0.05, 0) is 68.2 Å². The van der Waals surface area contributed by atoms with Crippen molar-refractivity contribution in [3.05, 3.63) is 89.7 Å². The summed E-state index contributed by atoms with van der Waals surface area (Å²) in [5, 5.41) is 6.74. The fourth-order valence-electron chi connectivity index (χ4n) is 3.98. The van der Waals surface area contributed by atoms with E-state index in [9.17, 15) is 22.8 Å². The van der Waals surface area contributed by atoms with Gasteiger partial charge in [0.15, 0.2) is 5.75 Å². The number of amides is 2. The summed E-state index contributed by atoms with van der Waals surface area (Å²) in [6.07, 6.45) is -4.11. The Balaban J connectivity index is 1.59.